The first kappa shape index (κ1) is 13.4. The second-order valence-corrected chi connectivity index (χ2v) is 4.27. The Bertz CT molecular complexity index is 504. The zero-order valence-electron chi connectivity index (χ0n) is 8.04. The molecule has 0 saturated carbocycles. The van der Waals surface area contributed by atoms with Crippen LogP contribution in [-0.4, -0.2) is 40.8 Å². The summed E-state index contributed by atoms with van der Waals surface area (Å²) in [5, 5.41) is -4.67. The van der Waals surface area contributed by atoms with Gasteiger partial charge in [0.2, 0.25) is 0 Å². The summed E-state index contributed by atoms with van der Waals surface area (Å²) in [5.41, 5.74) is -0.334. The van der Waals surface area contributed by atoms with Crippen molar-refractivity contribution in [3.05, 3.63) is 24.3 Å². The smallest absolute Gasteiger partial charge is 0.367 e. The summed E-state index contributed by atoms with van der Waals surface area (Å²) in [4.78, 5) is 17.9. The van der Waals surface area contributed by atoms with Crippen molar-refractivity contribution in [1.82, 2.24) is 9.97 Å². The lowest BCUT2D eigenvalue weighted by molar-refractivity contribution is -0.0104. The van der Waals surface area contributed by atoms with Crippen LogP contribution < -0.4 is 0 Å². The molecule has 0 aliphatic rings. The van der Waals surface area contributed by atoms with E-state index in [1.165, 1.54) is 0 Å². The number of carbonyl (C=O) groups is 1. The first-order valence-electron chi connectivity index (χ1n) is 4.00. The molecule has 10 heteroatoms. The van der Waals surface area contributed by atoms with Crippen LogP contribution in [0.3, 0.4) is 0 Å². The first-order chi connectivity index (χ1) is 7.74. The number of halogens is 2. The van der Waals surface area contributed by atoms with Gasteiger partial charge in [0.25, 0.3) is 0 Å². The number of nitrogens with zero attached hydrogens (tertiary/aromatic N) is 2. The third-order valence-corrected chi connectivity index (χ3v) is 2.38. The molecule has 1 aromatic heterocycles. The minimum Gasteiger partial charge on any atom is -0.743 e. The second-order valence-electron chi connectivity index (χ2n) is 2.76. The summed E-state index contributed by atoms with van der Waals surface area (Å²) < 4.78 is 59.4. The molecular formula is C7H5F2N2O5S-. The van der Waals surface area contributed by atoms with E-state index in [1.54, 1.807) is 0 Å². The maximum atomic E-state index is 12.6. The summed E-state index contributed by atoms with van der Waals surface area (Å²) in [6.45, 7) is -1.86. The summed E-state index contributed by atoms with van der Waals surface area (Å²) in [5.74, 6) is -1.28. The molecule has 0 spiro atoms. The van der Waals surface area contributed by atoms with Gasteiger partial charge in [-0.05, 0) is 6.07 Å². The van der Waals surface area contributed by atoms with Gasteiger partial charge in [0.15, 0.2) is 22.4 Å². The van der Waals surface area contributed by atoms with E-state index in [9.17, 15) is 26.5 Å². The molecule has 0 aliphatic carbocycles. The predicted octanol–water partition coefficient (Wildman–Crippen LogP) is -0.229. The monoisotopic (exact) mass is 267 g/mol. The van der Waals surface area contributed by atoms with Crippen LogP contribution in [0.5, 0.6) is 0 Å². The van der Waals surface area contributed by atoms with E-state index in [0.29, 0.717) is 0 Å². The maximum absolute atomic E-state index is 12.6. The topological polar surface area (TPSA) is 109 Å². The minimum absolute atomic E-state index is 0.334. The van der Waals surface area contributed by atoms with Gasteiger partial charge in [-0.25, -0.2) is 23.2 Å². The van der Waals surface area contributed by atoms with Gasteiger partial charge < -0.3 is 9.29 Å². The van der Waals surface area contributed by atoms with Gasteiger partial charge in [-0.3, -0.25) is 0 Å². The van der Waals surface area contributed by atoms with Gasteiger partial charge in [-0.2, -0.15) is 8.78 Å². The van der Waals surface area contributed by atoms with Crippen molar-refractivity contribution in [3.63, 3.8) is 0 Å². The van der Waals surface area contributed by atoms with E-state index in [2.05, 4.69) is 14.7 Å². The number of ether oxygens (including phenoxy) is 1. The quantitative estimate of drug-likeness (QED) is 0.547. The van der Waals surface area contributed by atoms with Crippen LogP contribution in [0.15, 0.2) is 18.6 Å². The van der Waals surface area contributed by atoms with Crippen LogP contribution in [0, 0.1) is 0 Å². The van der Waals surface area contributed by atoms with E-state index < -0.39 is 27.9 Å². The Labute approximate surface area is 94.2 Å². The Morgan fingerprint density at radius 3 is 2.65 bits per heavy atom. The van der Waals surface area contributed by atoms with Crippen molar-refractivity contribution in [2.24, 2.45) is 0 Å². The Balaban J connectivity index is 2.67. The number of carbonyl (C=O) groups excluding carboxylic acids is 1. The highest BCUT2D eigenvalue weighted by molar-refractivity contribution is 7.86. The number of hydrogen-bond acceptors (Lipinski definition) is 7. The molecule has 1 rings (SSSR count). The Morgan fingerprint density at radius 2 is 2.18 bits per heavy atom. The number of rotatable bonds is 4. The molecule has 0 fully saturated rings. The van der Waals surface area contributed by atoms with Crippen LogP contribution in [-0.2, 0) is 14.9 Å². The van der Waals surface area contributed by atoms with Crippen LogP contribution in [0.25, 0.3) is 0 Å². The van der Waals surface area contributed by atoms with Gasteiger partial charge in [-0.15, -0.1) is 0 Å². The molecule has 0 radical (unpaired) electrons. The molecule has 0 amide bonds. The largest absolute Gasteiger partial charge is 0.743 e. The average Bonchev–Trinajstić information content (AvgIpc) is 2.25. The van der Waals surface area contributed by atoms with Crippen molar-refractivity contribution in [2.75, 3.05) is 6.61 Å². The average molecular weight is 267 g/mol. The first-order valence-corrected chi connectivity index (χ1v) is 5.41. The van der Waals surface area contributed by atoms with Crippen molar-refractivity contribution in [2.45, 2.75) is 5.25 Å². The normalized spacial score (nSPS) is 12.2. The minimum atomic E-state index is -5.87. The second kappa shape index (κ2) is 4.67. The lowest BCUT2D eigenvalue weighted by Gasteiger charge is -2.19. The summed E-state index contributed by atoms with van der Waals surface area (Å²) in [6.07, 6.45) is 2.13. The van der Waals surface area contributed by atoms with Crippen LogP contribution in [0.1, 0.15) is 10.5 Å². The summed E-state index contributed by atoms with van der Waals surface area (Å²) in [7, 11) is -5.87. The molecule has 0 saturated heterocycles. The molecule has 1 heterocycles. The fourth-order valence-electron chi connectivity index (χ4n) is 0.707. The van der Waals surface area contributed by atoms with Crippen molar-refractivity contribution in [3.8, 4) is 0 Å². The molecule has 94 valence electrons. The molecule has 0 atom stereocenters. The predicted molar refractivity (Wildman–Crippen MR) is 47.0 cm³/mol. The van der Waals surface area contributed by atoms with Crippen molar-refractivity contribution >= 4 is 16.1 Å². The van der Waals surface area contributed by atoms with Crippen LogP contribution in [0.4, 0.5) is 8.78 Å². The Hall–Kier alpha value is -1.68. The fraction of sp³-hybridized carbons (Fsp3) is 0.286. The van der Waals surface area contributed by atoms with Gasteiger partial charge in [0, 0.05) is 6.20 Å². The number of aromatic nitrogens is 2. The zero-order valence-corrected chi connectivity index (χ0v) is 8.86. The summed E-state index contributed by atoms with van der Waals surface area (Å²) >= 11 is 0. The van der Waals surface area contributed by atoms with Gasteiger partial charge in [-0.1, -0.05) is 0 Å². The van der Waals surface area contributed by atoms with Crippen LogP contribution >= 0.6 is 0 Å². The highest BCUT2D eigenvalue weighted by Crippen LogP contribution is 2.20. The zero-order chi connectivity index (χ0) is 13.1. The highest BCUT2D eigenvalue weighted by atomic mass is 32.2. The molecule has 0 aliphatic heterocycles. The molecule has 0 aromatic carbocycles. The Morgan fingerprint density at radius 1 is 1.53 bits per heavy atom. The lowest BCUT2D eigenvalue weighted by Crippen LogP contribution is -2.34. The third kappa shape index (κ3) is 3.39. The molecule has 7 nitrogen and oxygen atoms in total. The van der Waals surface area contributed by atoms with Gasteiger partial charge >= 0.3 is 11.2 Å². The van der Waals surface area contributed by atoms with Crippen molar-refractivity contribution < 1.29 is 31.3 Å². The number of esters is 1. The lowest BCUT2D eigenvalue weighted by atomic mass is 10.4. The van der Waals surface area contributed by atoms with E-state index in [-0.39, 0.29) is 5.69 Å². The van der Waals surface area contributed by atoms with E-state index in [4.69, 9.17) is 0 Å². The van der Waals surface area contributed by atoms with Crippen molar-refractivity contribution in [1.29, 1.82) is 0 Å². The fourth-order valence-corrected chi connectivity index (χ4v) is 0.910. The SMILES string of the molecule is O=C(OCC(F)(F)S(=O)(=O)[O-])c1ccncn1. The highest BCUT2D eigenvalue weighted by Gasteiger charge is 2.39. The number of alkyl halides is 2. The van der Waals surface area contributed by atoms with Crippen LogP contribution in [0.2, 0.25) is 0 Å². The van der Waals surface area contributed by atoms with E-state index in [1.807, 2.05) is 0 Å². The third-order valence-electron chi connectivity index (χ3n) is 1.53. The van der Waals surface area contributed by atoms with E-state index in [0.717, 1.165) is 18.6 Å². The molecular weight excluding hydrogens is 262 g/mol. The summed E-state index contributed by atoms with van der Waals surface area (Å²) in [6, 6.07) is 1.08. The molecule has 0 bridgehead atoms. The molecule has 1 aromatic rings. The van der Waals surface area contributed by atoms with Gasteiger partial charge in [0.1, 0.15) is 6.33 Å². The maximum Gasteiger partial charge on any atom is 0.367 e. The van der Waals surface area contributed by atoms with Gasteiger partial charge in [0.05, 0.1) is 0 Å². The van der Waals surface area contributed by atoms with E-state index >= 15 is 0 Å². The molecule has 17 heavy (non-hydrogen) atoms. The molecule has 0 unspecified atom stereocenters. The standard InChI is InChI=1S/C7H6F2N2O5S/c8-7(9,17(13,14)15)3-16-6(12)5-1-2-10-4-11-5/h1-2,4H,3H2,(H,13,14,15)/p-1. The number of hydrogen-bond donors (Lipinski definition) is 0. The molecule has 0 N–H and O–H groups in total. The Kier molecular flexibility index (Phi) is 3.68.